The van der Waals surface area contributed by atoms with E-state index in [9.17, 15) is 4.79 Å². The minimum Gasteiger partial charge on any atom is -0.355 e. The number of nitrogens with zero attached hydrogens (tertiary/aromatic N) is 2. The van der Waals surface area contributed by atoms with E-state index in [0.717, 1.165) is 42.9 Å². The lowest BCUT2D eigenvalue weighted by molar-refractivity contribution is 0.0954. The summed E-state index contributed by atoms with van der Waals surface area (Å²) in [7, 11) is 1.76. The molecule has 7 heteroatoms. The minimum absolute atomic E-state index is 0.0722. The summed E-state index contributed by atoms with van der Waals surface area (Å²) in [5.41, 5.74) is 0.655. The highest BCUT2D eigenvalue weighted by atomic mass is 79.9. The number of hydrogen-bond acceptors (Lipinski definition) is 3. The first-order valence-electron chi connectivity index (χ1n) is 9.73. The van der Waals surface area contributed by atoms with Crippen LogP contribution in [0.4, 0.5) is 0 Å². The van der Waals surface area contributed by atoms with Crippen molar-refractivity contribution in [1.82, 2.24) is 20.9 Å². The Morgan fingerprint density at radius 2 is 1.78 bits per heavy atom. The van der Waals surface area contributed by atoms with Gasteiger partial charge in [-0.2, -0.15) is 0 Å². The maximum absolute atomic E-state index is 12.1. The summed E-state index contributed by atoms with van der Waals surface area (Å²) in [6.07, 6.45) is 2.26. The van der Waals surface area contributed by atoms with E-state index in [0.29, 0.717) is 24.7 Å². The molecule has 0 heterocycles. The van der Waals surface area contributed by atoms with Crippen LogP contribution in [0.1, 0.15) is 44.0 Å². The number of nitrogens with one attached hydrogen (secondary N) is 3. The lowest BCUT2D eigenvalue weighted by atomic mass is 10.2. The monoisotopic (exact) mass is 439 g/mol. The Bertz CT molecular complexity index is 572. The largest absolute Gasteiger partial charge is 0.355 e. The molecule has 1 amide bonds. The number of amides is 1. The van der Waals surface area contributed by atoms with Crippen LogP contribution in [0, 0.1) is 0 Å². The molecule has 0 bridgehead atoms. The second-order valence-corrected chi connectivity index (χ2v) is 7.39. The molecule has 0 aliphatic heterocycles. The molecular weight excluding hydrogens is 406 g/mol. The average molecular weight is 440 g/mol. The number of guanidine groups is 1. The molecule has 0 fully saturated rings. The van der Waals surface area contributed by atoms with E-state index in [-0.39, 0.29) is 5.91 Å². The van der Waals surface area contributed by atoms with Crippen molar-refractivity contribution in [2.24, 2.45) is 4.99 Å². The van der Waals surface area contributed by atoms with Gasteiger partial charge in [-0.15, -0.1) is 0 Å². The van der Waals surface area contributed by atoms with Gasteiger partial charge < -0.3 is 20.9 Å². The molecule has 0 saturated heterocycles. The third kappa shape index (κ3) is 9.77. The van der Waals surface area contributed by atoms with Gasteiger partial charge >= 0.3 is 0 Å². The molecule has 0 aliphatic carbocycles. The highest BCUT2D eigenvalue weighted by molar-refractivity contribution is 9.10. The lowest BCUT2D eigenvalue weighted by Gasteiger charge is -2.21. The molecule has 1 unspecified atom stereocenters. The Balaban J connectivity index is 2.23. The third-order valence-electron chi connectivity index (χ3n) is 4.42. The maximum Gasteiger partial charge on any atom is 0.251 e. The molecule has 27 heavy (non-hydrogen) atoms. The van der Waals surface area contributed by atoms with Crippen LogP contribution in [-0.2, 0) is 0 Å². The fraction of sp³-hybridized carbons (Fsp3) is 0.600. The molecule has 0 saturated carbocycles. The Labute approximate surface area is 172 Å². The van der Waals surface area contributed by atoms with Crippen molar-refractivity contribution in [3.8, 4) is 0 Å². The third-order valence-corrected chi connectivity index (χ3v) is 4.95. The van der Waals surface area contributed by atoms with Crippen molar-refractivity contribution in [2.45, 2.75) is 39.7 Å². The van der Waals surface area contributed by atoms with E-state index in [1.54, 1.807) is 19.2 Å². The summed E-state index contributed by atoms with van der Waals surface area (Å²) in [6.45, 7) is 11.1. The molecule has 0 spiro atoms. The first-order valence-corrected chi connectivity index (χ1v) is 10.5. The number of halogens is 1. The van der Waals surface area contributed by atoms with Gasteiger partial charge in [0.15, 0.2) is 5.96 Å². The van der Waals surface area contributed by atoms with E-state index in [1.165, 1.54) is 0 Å². The normalized spacial score (nSPS) is 12.7. The maximum atomic E-state index is 12.1. The summed E-state index contributed by atoms with van der Waals surface area (Å²) in [5, 5.41) is 9.55. The molecular formula is C20H34BrN5O. The van der Waals surface area contributed by atoms with Crippen LogP contribution in [0.25, 0.3) is 0 Å². The van der Waals surface area contributed by atoms with Gasteiger partial charge in [0.1, 0.15) is 0 Å². The predicted molar refractivity (Wildman–Crippen MR) is 117 cm³/mol. The number of rotatable bonds is 11. The van der Waals surface area contributed by atoms with Gasteiger partial charge in [-0.1, -0.05) is 29.8 Å². The van der Waals surface area contributed by atoms with Crippen LogP contribution in [0.2, 0.25) is 0 Å². The predicted octanol–water partition coefficient (Wildman–Crippen LogP) is 2.85. The van der Waals surface area contributed by atoms with Gasteiger partial charge in [0.2, 0.25) is 0 Å². The van der Waals surface area contributed by atoms with Gasteiger partial charge in [-0.05, 0) is 63.7 Å². The van der Waals surface area contributed by atoms with Crippen molar-refractivity contribution in [3.05, 3.63) is 34.3 Å². The summed E-state index contributed by atoms with van der Waals surface area (Å²) < 4.78 is 0.960. The van der Waals surface area contributed by atoms with Gasteiger partial charge in [-0.25, -0.2) is 0 Å². The summed E-state index contributed by atoms with van der Waals surface area (Å²) in [5.74, 6) is 0.695. The first kappa shape index (κ1) is 23.4. The molecule has 1 atom stereocenters. The molecule has 3 N–H and O–H groups in total. The summed E-state index contributed by atoms with van der Waals surface area (Å²) >= 11 is 3.37. The van der Waals surface area contributed by atoms with E-state index >= 15 is 0 Å². The number of carbonyl (C=O) groups is 1. The zero-order chi connectivity index (χ0) is 20.1. The van der Waals surface area contributed by atoms with Crippen molar-refractivity contribution < 1.29 is 4.79 Å². The quantitative estimate of drug-likeness (QED) is 0.281. The molecule has 0 aliphatic rings. The Morgan fingerprint density at radius 1 is 1.15 bits per heavy atom. The van der Waals surface area contributed by atoms with Crippen molar-refractivity contribution in [2.75, 3.05) is 39.8 Å². The van der Waals surface area contributed by atoms with Crippen molar-refractivity contribution >= 4 is 27.8 Å². The summed E-state index contributed by atoms with van der Waals surface area (Å²) in [6, 6.07) is 7.67. The number of aliphatic imine (C=N–C) groups is 1. The molecule has 1 rings (SSSR count). The molecule has 0 aromatic heterocycles. The van der Waals surface area contributed by atoms with Crippen LogP contribution in [-0.4, -0.2) is 62.6 Å². The zero-order valence-corrected chi connectivity index (χ0v) is 18.6. The van der Waals surface area contributed by atoms with E-state index < -0.39 is 0 Å². The first-order chi connectivity index (χ1) is 13.0. The van der Waals surface area contributed by atoms with E-state index in [1.807, 2.05) is 12.1 Å². The highest BCUT2D eigenvalue weighted by Gasteiger charge is 2.07. The molecule has 6 nitrogen and oxygen atoms in total. The number of carbonyl (C=O) groups excluding carboxylic acids is 1. The van der Waals surface area contributed by atoms with Gasteiger partial charge in [0.25, 0.3) is 5.91 Å². The molecule has 0 radical (unpaired) electrons. The van der Waals surface area contributed by atoms with Crippen LogP contribution in [0.3, 0.4) is 0 Å². The van der Waals surface area contributed by atoms with Crippen molar-refractivity contribution in [3.63, 3.8) is 0 Å². The summed E-state index contributed by atoms with van der Waals surface area (Å²) in [4.78, 5) is 18.8. The lowest BCUT2D eigenvalue weighted by Crippen LogP contribution is -2.45. The van der Waals surface area contributed by atoms with Crippen molar-refractivity contribution in [1.29, 1.82) is 0 Å². The Hall–Kier alpha value is -1.60. The minimum atomic E-state index is -0.0722. The Morgan fingerprint density at radius 3 is 2.37 bits per heavy atom. The SMILES string of the molecule is CCN(CC)CCCC(C)NC(=NC)NCCNC(=O)c1ccc(Br)cc1. The molecule has 1 aromatic carbocycles. The average Bonchev–Trinajstić information content (AvgIpc) is 2.68. The standard InChI is InChI=1S/C20H34BrN5O/c1-5-26(6-2)15-7-8-16(3)25-20(22-4)24-14-13-23-19(27)17-9-11-18(21)12-10-17/h9-12,16H,5-8,13-15H2,1-4H3,(H,23,27)(H2,22,24,25). The van der Waals surface area contributed by atoms with Crippen LogP contribution in [0.5, 0.6) is 0 Å². The zero-order valence-electron chi connectivity index (χ0n) is 17.0. The number of hydrogen-bond donors (Lipinski definition) is 3. The highest BCUT2D eigenvalue weighted by Crippen LogP contribution is 2.10. The molecule has 1 aromatic rings. The van der Waals surface area contributed by atoms with Gasteiger partial charge in [-0.3, -0.25) is 9.79 Å². The van der Waals surface area contributed by atoms with Gasteiger partial charge in [0, 0.05) is 36.2 Å². The second kappa shape index (κ2) is 13.6. The fourth-order valence-corrected chi connectivity index (χ4v) is 2.99. The van der Waals surface area contributed by atoms with E-state index in [2.05, 4.69) is 62.5 Å². The van der Waals surface area contributed by atoms with Gasteiger partial charge in [0.05, 0.1) is 0 Å². The topological polar surface area (TPSA) is 68.8 Å². The van der Waals surface area contributed by atoms with Crippen LogP contribution < -0.4 is 16.0 Å². The van der Waals surface area contributed by atoms with Crippen LogP contribution >= 0.6 is 15.9 Å². The van der Waals surface area contributed by atoms with E-state index in [4.69, 9.17) is 0 Å². The fourth-order valence-electron chi connectivity index (χ4n) is 2.72. The Kier molecular flexibility index (Phi) is 11.8. The number of benzene rings is 1. The van der Waals surface area contributed by atoms with Crippen LogP contribution in [0.15, 0.2) is 33.7 Å². The smallest absolute Gasteiger partial charge is 0.251 e. The molecule has 152 valence electrons. The second-order valence-electron chi connectivity index (χ2n) is 6.48.